The number of fused-ring (bicyclic) bond motifs is 6. The van der Waals surface area contributed by atoms with Gasteiger partial charge in [0, 0.05) is 49.6 Å². The number of aromatic nitrogens is 5. The minimum absolute atomic E-state index is 0.513. The van der Waals surface area contributed by atoms with Gasteiger partial charge in [0.2, 0.25) is 0 Å². The van der Waals surface area contributed by atoms with Gasteiger partial charge in [0.05, 0.1) is 33.7 Å². The van der Waals surface area contributed by atoms with Crippen molar-refractivity contribution in [3.8, 4) is 51.6 Å². The Balaban J connectivity index is 1.21. The topological polar surface area (TPSA) is 72.3 Å². The van der Waals surface area contributed by atoms with E-state index in [4.69, 9.17) is 15.0 Å². The molecule has 0 aliphatic heterocycles. The van der Waals surface area contributed by atoms with Gasteiger partial charge in [0.15, 0.2) is 17.5 Å². The number of nitrogens with zero attached hydrogens (tertiary/aromatic N) is 6. The van der Waals surface area contributed by atoms with Gasteiger partial charge in [-0.15, -0.1) is 0 Å². The molecule has 0 saturated carbocycles. The van der Waals surface area contributed by atoms with Crippen molar-refractivity contribution >= 4 is 43.6 Å². The lowest BCUT2D eigenvalue weighted by molar-refractivity contribution is 1.07. The number of nitriles is 1. The maximum absolute atomic E-state index is 9.61. The van der Waals surface area contributed by atoms with Crippen molar-refractivity contribution in [2.24, 2.45) is 0 Å². The molecular formula is C46H28N6. The molecule has 3 aromatic heterocycles. The molecule has 0 atom stereocenters. The Kier molecular flexibility index (Phi) is 6.76. The summed E-state index contributed by atoms with van der Waals surface area (Å²) in [6.07, 6.45) is 0. The maximum atomic E-state index is 9.61. The summed E-state index contributed by atoms with van der Waals surface area (Å²) in [7, 11) is 0. The fraction of sp³-hybridized carbons (Fsp3) is 0. The highest BCUT2D eigenvalue weighted by molar-refractivity contribution is 6.19. The van der Waals surface area contributed by atoms with Crippen LogP contribution in [0.25, 0.3) is 89.2 Å². The molecule has 242 valence electrons. The average molecular weight is 665 g/mol. The Morgan fingerprint density at radius 3 is 1.48 bits per heavy atom. The standard InChI is InChI=1S/C46H28N6/c47-29-30-13-11-16-32(25-30)45-48-44(31-14-3-1-4-15-31)49-46(50-45)33-17-12-20-35(26-33)52-41-24-10-8-22-37(41)39-27-38-36-21-7-9-23-40(36)51(42(38)28-43(39)52)34-18-5-2-6-19-34/h1-28H. The van der Waals surface area contributed by atoms with Gasteiger partial charge in [-0.3, -0.25) is 0 Å². The number of hydrogen-bond donors (Lipinski definition) is 0. The first-order valence-corrected chi connectivity index (χ1v) is 17.2. The molecule has 6 heteroatoms. The molecular weight excluding hydrogens is 637 g/mol. The highest BCUT2D eigenvalue weighted by Gasteiger charge is 2.19. The third-order valence-electron chi connectivity index (χ3n) is 9.76. The first-order valence-electron chi connectivity index (χ1n) is 17.2. The van der Waals surface area contributed by atoms with E-state index < -0.39 is 0 Å². The molecule has 0 amide bonds. The number of hydrogen-bond acceptors (Lipinski definition) is 4. The van der Waals surface area contributed by atoms with E-state index in [1.165, 1.54) is 27.1 Å². The summed E-state index contributed by atoms with van der Waals surface area (Å²) in [6.45, 7) is 0. The van der Waals surface area contributed by atoms with Gasteiger partial charge < -0.3 is 9.13 Å². The van der Waals surface area contributed by atoms with Gasteiger partial charge >= 0.3 is 0 Å². The summed E-state index contributed by atoms with van der Waals surface area (Å²) in [5.41, 5.74) is 9.74. The first-order chi connectivity index (χ1) is 25.7. The van der Waals surface area contributed by atoms with Crippen LogP contribution in [0.2, 0.25) is 0 Å². The molecule has 0 bridgehead atoms. The van der Waals surface area contributed by atoms with Crippen molar-refractivity contribution in [1.29, 1.82) is 5.26 Å². The SMILES string of the molecule is N#Cc1cccc(-c2nc(-c3ccccc3)nc(-c3cccc(-n4c5ccccc5c5cc6c7ccccc7n(-c7ccccc7)c6cc54)c3)n2)c1. The summed E-state index contributed by atoms with van der Waals surface area (Å²) in [5, 5.41) is 14.4. The van der Waals surface area contributed by atoms with E-state index >= 15 is 0 Å². The van der Waals surface area contributed by atoms with Crippen LogP contribution in [0.15, 0.2) is 170 Å². The number of benzene rings is 7. The van der Waals surface area contributed by atoms with Crippen LogP contribution in [0, 0.1) is 11.3 Å². The molecule has 10 rings (SSSR count). The molecule has 0 radical (unpaired) electrons. The molecule has 0 aliphatic rings. The van der Waals surface area contributed by atoms with E-state index in [-0.39, 0.29) is 0 Å². The fourth-order valence-electron chi connectivity index (χ4n) is 7.43. The molecule has 0 saturated heterocycles. The minimum atomic E-state index is 0.513. The van der Waals surface area contributed by atoms with Crippen molar-refractivity contribution in [1.82, 2.24) is 24.1 Å². The Morgan fingerprint density at radius 1 is 0.365 bits per heavy atom. The van der Waals surface area contributed by atoms with Gasteiger partial charge in [-0.05, 0) is 60.7 Å². The van der Waals surface area contributed by atoms with Crippen LogP contribution < -0.4 is 0 Å². The zero-order chi connectivity index (χ0) is 34.6. The zero-order valence-corrected chi connectivity index (χ0v) is 27.8. The van der Waals surface area contributed by atoms with E-state index in [0.717, 1.165) is 44.6 Å². The lowest BCUT2D eigenvalue weighted by Crippen LogP contribution is -2.01. The number of rotatable bonds is 5. The largest absolute Gasteiger partial charge is 0.309 e. The smallest absolute Gasteiger partial charge is 0.164 e. The van der Waals surface area contributed by atoms with E-state index in [1.807, 2.05) is 54.6 Å². The van der Waals surface area contributed by atoms with E-state index in [9.17, 15) is 5.26 Å². The summed E-state index contributed by atoms with van der Waals surface area (Å²) < 4.78 is 4.71. The lowest BCUT2D eigenvalue weighted by Gasteiger charge is -2.12. The van der Waals surface area contributed by atoms with Crippen LogP contribution in [-0.2, 0) is 0 Å². The monoisotopic (exact) mass is 664 g/mol. The molecule has 0 unspecified atom stereocenters. The van der Waals surface area contributed by atoms with E-state index in [1.54, 1.807) is 6.07 Å². The van der Waals surface area contributed by atoms with Crippen LogP contribution in [0.3, 0.4) is 0 Å². The second-order valence-electron chi connectivity index (χ2n) is 12.8. The molecule has 6 nitrogen and oxygen atoms in total. The third kappa shape index (κ3) is 4.76. The van der Waals surface area contributed by atoms with Crippen molar-refractivity contribution in [2.75, 3.05) is 0 Å². The first kappa shape index (κ1) is 29.5. The Labute approximate surface area is 299 Å². The molecule has 0 N–H and O–H groups in total. The summed E-state index contributed by atoms with van der Waals surface area (Å²) in [4.78, 5) is 14.9. The second kappa shape index (κ2) is 11.9. The van der Waals surface area contributed by atoms with Crippen LogP contribution >= 0.6 is 0 Å². The minimum Gasteiger partial charge on any atom is -0.309 e. The van der Waals surface area contributed by atoms with E-state index in [2.05, 4.69) is 124 Å². The Hall–Kier alpha value is -7.36. The van der Waals surface area contributed by atoms with Crippen LogP contribution in [0.1, 0.15) is 5.56 Å². The molecule has 0 spiro atoms. The predicted octanol–water partition coefficient (Wildman–Crippen LogP) is 10.9. The summed E-state index contributed by atoms with van der Waals surface area (Å²) in [6, 6.07) is 60.5. The van der Waals surface area contributed by atoms with E-state index in [0.29, 0.717) is 23.0 Å². The van der Waals surface area contributed by atoms with Gasteiger partial charge in [0.1, 0.15) is 0 Å². The molecule has 0 fully saturated rings. The van der Waals surface area contributed by atoms with Gasteiger partial charge in [-0.2, -0.15) is 5.26 Å². The van der Waals surface area contributed by atoms with Crippen LogP contribution in [0.5, 0.6) is 0 Å². The lowest BCUT2D eigenvalue weighted by atomic mass is 10.1. The molecule has 0 aliphatic carbocycles. The van der Waals surface area contributed by atoms with Crippen molar-refractivity contribution in [3.63, 3.8) is 0 Å². The summed E-state index contributed by atoms with van der Waals surface area (Å²) in [5.74, 6) is 1.64. The molecule has 10 aromatic rings. The van der Waals surface area contributed by atoms with Gasteiger partial charge in [-0.1, -0.05) is 109 Å². The fourth-order valence-corrected chi connectivity index (χ4v) is 7.43. The highest BCUT2D eigenvalue weighted by atomic mass is 15.0. The number of para-hydroxylation sites is 3. The highest BCUT2D eigenvalue weighted by Crippen LogP contribution is 2.40. The van der Waals surface area contributed by atoms with Crippen molar-refractivity contribution in [3.05, 3.63) is 175 Å². The maximum Gasteiger partial charge on any atom is 0.164 e. The molecule has 3 heterocycles. The van der Waals surface area contributed by atoms with Crippen LogP contribution in [-0.4, -0.2) is 24.1 Å². The molecule has 52 heavy (non-hydrogen) atoms. The van der Waals surface area contributed by atoms with Crippen molar-refractivity contribution < 1.29 is 0 Å². The second-order valence-corrected chi connectivity index (χ2v) is 12.8. The Morgan fingerprint density at radius 2 is 0.846 bits per heavy atom. The van der Waals surface area contributed by atoms with Crippen LogP contribution in [0.4, 0.5) is 0 Å². The predicted molar refractivity (Wildman–Crippen MR) is 210 cm³/mol. The summed E-state index contributed by atoms with van der Waals surface area (Å²) >= 11 is 0. The molecule has 7 aromatic carbocycles. The van der Waals surface area contributed by atoms with Gasteiger partial charge in [-0.25, -0.2) is 15.0 Å². The average Bonchev–Trinajstić information content (AvgIpc) is 3.72. The normalized spacial score (nSPS) is 11.4. The quantitative estimate of drug-likeness (QED) is 0.184. The third-order valence-corrected chi connectivity index (χ3v) is 9.76. The zero-order valence-electron chi connectivity index (χ0n) is 27.8. The van der Waals surface area contributed by atoms with Gasteiger partial charge in [0.25, 0.3) is 0 Å². The van der Waals surface area contributed by atoms with Crippen molar-refractivity contribution in [2.45, 2.75) is 0 Å². The Bertz CT molecular complexity index is 3020.